The second kappa shape index (κ2) is 10.1. The van der Waals surface area contributed by atoms with Crippen molar-refractivity contribution in [3.63, 3.8) is 0 Å². The molecule has 1 aliphatic heterocycles. The van der Waals surface area contributed by atoms with E-state index in [0.717, 1.165) is 54.0 Å². The molecular weight excluding hydrogens is 438 g/mol. The summed E-state index contributed by atoms with van der Waals surface area (Å²) in [7, 11) is 0. The van der Waals surface area contributed by atoms with E-state index in [0.29, 0.717) is 18.3 Å². The van der Waals surface area contributed by atoms with E-state index >= 15 is 0 Å². The Labute approximate surface area is 205 Å². The van der Waals surface area contributed by atoms with Crippen molar-refractivity contribution in [1.29, 1.82) is 0 Å². The highest BCUT2D eigenvalue weighted by molar-refractivity contribution is 5.79. The van der Waals surface area contributed by atoms with Crippen molar-refractivity contribution in [1.82, 2.24) is 20.4 Å². The van der Waals surface area contributed by atoms with Crippen LogP contribution < -0.4 is 10.2 Å². The van der Waals surface area contributed by atoms with E-state index in [-0.39, 0.29) is 11.8 Å². The third-order valence-corrected chi connectivity index (χ3v) is 6.47. The van der Waals surface area contributed by atoms with Gasteiger partial charge in [-0.3, -0.25) is 4.79 Å². The molecule has 0 atom stereocenters. The van der Waals surface area contributed by atoms with Gasteiger partial charge in [0.05, 0.1) is 5.56 Å². The maximum Gasteiger partial charge on any atom is 0.261 e. The number of carbonyl (C=O) groups is 1. The van der Waals surface area contributed by atoms with Gasteiger partial charge in [-0.25, -0.2) is 4.98 Å². The van der Waals surface area contributed by atoms with Crippen molar-refractivity contribution in [3.8, 4) is 22.8 Å². The van der Waals surface area contributed by atoms with Crippen LogP contribution in [0.1, 0.15) is 29.5 Å². The molecule has 0 bridgehead atoms. The van der Waals surface area contributed by atoms with E-state index in [9.17, 15) is 4.79 Å². The van der Waals surface area contributed by atoms with Crippen molar-refractivity contribution in [2.75, 3.05) is 18.0 Å². The number of amides is 1. The van der Waals surface area contributed by atoms with Gasteiger partial charge in [0, 0.05) is 37.3 Å². The molecule has 2 aromatic carbocycles. The van der Waals surface area contributed by atoms with Gasteiger partial charge in [-0.2, -0.15) is 4.98 Å². The van der Waals surface area contributed by atoms with Crippen LogP contribution in [0.5, 0.6) is 0 Å². The van der Waals surface area contributed by atoms with E-state index in [1.807, 2.05) is 43.3 Å². The van der Waals surface area contributed by atoms with E-state index in [2.05, 4.69) is 56.5 Å². The maximum absolute atomic E-state index is 12.8. The zero-order valence-corrected chi connectivity index (χ0v) is 20.1. The predicted molar refractivity (Wildman–Crippen MR) is 136 cm³/mol. The molecule has 0 radical (unpaired) electrons. The summed E-state index contributed by atoms with van der Waals surface area (Å²) in [6.45, 7) is 6.14. The molecule has 0 spiro atoms. The number of piperidine rings is 1. The quantitative estimate of drug-likeness (QED) is 0.432. The van der Waals surface area contributed by atoms with Gasteiger partial charge in [0.1, 0.15) is 5.82 Å². The second-order valence-electron chi connectivity index (χ2n) is 9.13. The van der Waals surface area contributed by atoms with Crippen LogP contribution in [0.25, 0.3) is 22.8 Å². The summed E-state index contributed by atoms with van der Waals surface area (Å²) in [6.07, 6.45) is 3.32. The Bertz CT molecular complexity index is 1310. The molecule has 3 heterocycles. The lowest BCUT2D eigenvalue weighted by molar-refractivity contribution is -0.125. The normalized spacial score (nSPS) is 14.2. The molecule has 1 fully saturated rings. The summed E-state index contributed by atoms with van der Waals surface area (Å²) >= 11 is 0. The smallest absolute Gasteiger partial charge is 0.261 e. The zero-order chi connectivity index (χ0) is 24.2. The number of nitrogens with one attached hydrogen (secondary N) is 1. The van der Waals surface area contributed by atoms with Gasteiger partial charge in [-0.05, 0) is 50.5 Å². The van der Waals surface area contributed by atoms with Crippen molar-refractivity contribution in [2.24, 2.45) is 5.92 Å². The summed E-state index contributed by atoms with van der Waals surface area (Å²) in [6, 6.07) is 20.1. The molecule has 5 rings (SSSR count). The maximum atomic E-state index is 12.8. The number of rotatable bonds is 6. The number of nitrogens with zero attached hydrogens (tertiary/aromatic N) is 4. The Hall–Kier alpha value is -4.00. The minimum Gasteiger partial charge on any atom is -0.356 e. The summed E-state index contributed by atoms with van der Waals surface area (Å²) in [4.78, 5) is 24.2. The third kappa shape index (κ3) is 5.24. The van der Waals surface area contributed by atoms with Crippen LogP contribution in [0.2, 0.25) is 0 Å². The van der Waals surface area contributed by atoms with Gasteiger partial charge >= 0.3 is 0 Å². The lowest BCUT2D eigenvalue weighted by atomic mass is 9.95. The van der Waals surface area contributed by atoms with Crippen LogP contribution in [0.3, 0.4) is 0 Å². The molecule has 1 aliphatic rings. The van der Waals surface area contributed by atoms with Crippen molar-refractivity contribution in [3.05, 3.63) is 83.6 Å². The molecule has 0 aliphatic carbocycles. The van der Waals surface area contributed by atoms with Crippen LogP contribution in [0, 0.1) is 19.8 Å². The number of aromatic nitrogens is 3. The number of carbonyl (C=O) groups excluding carboxylic acids is 1. The summed E-state index contributed by atoms with van der Waals surface area (Å²) in [5, 5.41) is 7.29. The summed E-state index contributed by atoms with van der Waals surface area (Å²) in [5.74, 6) is 1.93. The lowest BCUT2D eigenvalue weighted by Gasteiger charge is -2.32. The molecular formula is C28H29N5O2. The Kier molecular flexibility index (Phi) is 6.57. The van der Waals surface area contributed by atoms with Gasteiger partial charge in [-0.15, -0.1) is 0 Å². The minimum atomic E-state index is 0.000174. The van der Waals surface area contributed by atoms with Crippen LogP contribution in [0.4, 0.5) is 5.82 Å². The van der Waals surface area contributed by atoms with Crippen LogP contribution >= 0.6 is 0 Å². The molecule has 7 heteroatoms. The molecule has 1 N–H and O–H groups in total. The summed E-state index contributed by atoms with van der Waals surface area (Å²) < 4.78 is 5.63. The van der Waals surface area contributed by atoms with Crippen molar-refractivity contribution in [2.45, 2.75) is 33.2 Å². The van der Waals surface area contributed by atoms with Gasteiger partial charge < -0.3 is 14.7 Å². The molecule has 2 aromatic heterocycles. The number of aryl methyl sites for hydroxylation is 2. The minimum absolute atomic E-state index is 0.000174. The SMILES string of the molecule is Cc1ccc(CNC(=O)C2CCN(c3ncccc3-c3nc(-c4cccc(C)c4)no3)CC2)cc1. The summed E-state index contributed by atoms with van der Waals surface area (Å²) in [5.41, 5.74) is 5.20. The van der Waals surface area contributed by atoms with E-state index < -0.39 is 0 Å². The highest BCUT2D eigenvalue weighted by Gasteiger charge is 2.27. The number of benzene rings is 2. The Morgan fingerprint density at radius 3 is 2.60 bits per heavy atom. The molecule has 7 nitrogen and oxygen atoms in total. The van der Waals surface area contributed by atoms with Gasteiger partial charge in [-0.1, -0.05) is 58.7 Å². The fourth-order valence-corrected chi connectivity index (χ4v) is 4.44. The topological polar surface area (TPSA) is 84.2 Å². The van der Waals surface area contributed by atoms with E-state index in [1.165, 1.54) is 5.56 Å². The molecule has 178 valence electrons. The molecule has 35 heavy (non-hydrogen) atoms. The molecule has 1 amide bonds. The number of anilines is 1. The zero-order valence-electron chi connectivity index (χ0n) is 20.1. The molecule has 0 unspecified atom stereocenters. The first-order chi connectivity index (χ1) is 17.1. The average molecular weight is 468 g/mol. The third-order valence-electron chi connectivity index (χ3n) is 6.47. The molecule has 1 saturated heterocycles. The average Bonchev–Trinajstić information content (AvgIpc) is 3.39. The van der Waals surface area contributed by atoms with Gasteiger partial charge in [0.2, 0.25) is 11.7 Å². The largest absolute Gasteiger partial charge is 0.356 e. The number of hydrogen-bond donors (Lipinski definition) is 1. The number of pyridine rings is 1. The van der Waals surface area contributed by atoms with Crippen LogP contribution in [0.15, 0.2) is 71.4 Å². The fraction of sp³-hybridized carbons (Fsp3) is 0.286. The van der Waals surface area contributed by atoms with Crippen molar-refractivity contribution >= 4 is 11.7 Å². The first-order valence-electron chi connectivity index (χ1n) is 12.0. The Morgan fingerprint density at radius 2 is 1.83 bits per heavy atom. The van der Waals surface area contributed by atoms with Crippen molar-refractivity contribution < 1.29 is 9.32 Å². The monoisotopic (exact) mass is 467 g/mol. The lowest BCUT2D eigenvalue weighted by Crippen LogP contribution is -2.40. The molecule has 4 aromatic rings. The van der Waals surface area contributed by atoms with Gasteiger partial charge in [0.25, 0.3) is 5.89 Å². The predicted octanol–water partition coefficient (Wildman–Crippen LogP) is 4.95. The fourth-order valence-electron chi connectivity index (χ4n) is 4.44. The van der Waals surface area contributed by atoms with Gasteiger partial charge in [0.15, 0.2) is 0 Å². The Balaban J connectivity index is 1.24. The highest BCUT2D eigenvalue weighted by atomic mass is 16.5. The van der Waals surface area contributed by atoms with Crippen LogP contribution in [-0.2, 0) is 11.3 Å². The van der Waals surface area contributed by atoms with Crippen LogP contribution in [-0.4, -0.2) is 34.1 Å². The standard InChI is InChI=1S/C28H29N5O2/c1-19-8-10-21(11-9-19)18-30-27(34)22-12-15-33(16-13-22)26-24(7-4-14-29-26)28-31-25(32-35-28)23-6-3-5-20(2)17-23/h3-11,14,17,22H,12-13,15-16,18H2,1-2H3,(H,30,34). The second-order valence-corrected chi connectivity index (χ2v) is 9.13. The van der Waals surface area contributed by atoms with E-state index in [1.54, 1.807) is 6.20 Å². The first kappa shape index (κ1) is 22.8. The number of hydrogen-bond acceptors (Lipinski definition) is 6. The van der Waals surface area contributed by atoms with E-state index in [4.69, 9.17) is 4.52 Å². The Morgan fingerprint density at radius 1 is 1.03 bits per heavy atom. The molecule has 0 saturated carbocycles. The first-order valence-corrected chi connectivity index (χ1v) is 12.0. The highest BCUT2D eigenvalue weighted by Crippen LogP contribution is 2.32.